The minimum atomic E-state index is -4.56. The van der Waals surface area contributed by atoms with Gasteiger partial charge in [0, 0.05) is 6.42 Å². The van der Waals surface area contributed by atoms with Gasteiger partial charge in [-0.2, -0.15) is 18.3 Å². The maximum atomic E-state index is 13.6. The maximum Gasteiger partial charge on any atom is 0.410 e. The van der Waals surface area contributed by atoms with Crippen LogP contribution in [0.25, 0.3) is 0 Å². The Balaban J connectivity index is 1.70. The molecule has 3 N–H and O–H groups in total. The van der Waals surface area contributed by atoms with Crippen LogP contribution in [-0.4, -0.2) is 27.0 Å². The number of benzene rings is 1. The highest BCUT2D eigenvalue weighted by Crippen LogP contribution is 2.44. The van der Waals surface area contributed by atoms with Crippen LogP contribution in [0.15, 0.2) is 47.2 Å². The van der Waals surface area contributed by atoms with Crippen molar-refractivity contribution in [2.45, 2.75) is 31.6 Å². The number of nitrogens with zero attached hydrogens (tertiary/aromatic N) is 2. The minimum absolute atomic E-state index is 0.0652. The average Bonchev–Trinajstić information content (AvgIpc) is 3.32. The van der Waals surface area contributed by atoms with Crippen LogP contribution in [-0.2, 0) is 0 Å². The fraction of sp³-hybridized carbons (Fsp3) is 0.263. The lowest BCUT2D eigenvalue weighted by Gasteiger charge is -2.32. The molecule has 1 aliphatic rings. The van der Waals surface area contributed by atoms with Crippen LogP contribution >= 0.6 is 0 Å². The number of anilines is 2. The van der Waals surface area contributed by atoms with Gasteiger partial charge in [-0.25, -0.2) is 4.68 Å². The number of carbonyl (C=O) groups is 1. The summed E-state index contributed by atoms with van der Waals surface area (Å²) in [5.41, 5.74) is 0.875. The predicted octanol–water partition coefficient (Wildman–Crippen LogP) is 4.40. The number of amides is 1. The molecule has 0 unspecified atom stereocenters. The normalized spacial score (nSPS) is 18.8. The van der Waals surface area contributed by atoms with E-state index in [0.717, 1.165) is 16.4 Å². The first-order chi connectivity index (χ1) is 13.7. The van der Waals surface area contributed by atoms with E-state index in [1.165, 1.54) is 12.3 Å². The lowest BCUT2D eigenvalue weighted by atomic mass is 10.0. The molecule has 2 atom stereocenters. The summed E-state index contributed by atoms with van der Waals surface area (Å²) in [5.74, 6) is -0.584. The Kier molecular flexibility index (Phi) is 4.48. The van der Waals surface area contributed by atoms with Gasteiger partial charge in [-0.15, -0.1) is 0 Å². The molecule has 1 aliphatic heterocycles. The summed E-state index contributed by atoms with van der Waals surface area (Å²) >= 11 is 0. The van der Waals surface area contributed by atoms with E-state index < -0.39 is 24.2 Å². The highest BCUT2D eigenvalue weighted by Gasteiger charge is 2.47. The molecule has 0 saturated heterocycles. The van der Waals surface area contributed by atoms with E-state index in [1.807, 2.05) is 0 Å². The van der Waals surface area contributed by atoms with Crippen LogP contribution < -0.4 is 10.6 Å². The molecule has 7 nitrogen and oxygen atoms in total. The Labute approximate surface area is 163 Å². The Morgan fingerprint density at radius 3 is 2.86 bits per heavy atom. The number of aryl methyl sites for hydroxylation is 1. The van der Waals surface area contributed by atoms with Crippen molar-refractivity contribution in [2.75, 3.05) is 10.6 Å². The second-order valence-corrected chi connectivity index (χ2v) is 6.83. The molecule has 4 rings (SSSR count). The number of halogens is 3. The summed E-state index contributed by atoms with van der Waals surface area (Å²) in [7, 11) is 0. The maximum absolute atomic E-state index is 13.6. The van der Waals surface area contributed by atoms with Gasteiger partial charge in [0.1, 0.15) is 22.9 Å². The van der Waals surface area contributed by atoms with E-state index >= 15 is 0 Å². The average molecular weight is 406 g/mol. The van der Waals surface area contributed by atoms with Crippen LogP contribution in [0.4, 0.5) is 24.7 Å². The van der Waals surface area contributed by atoms with Crippen molar-refractivity contribution in [3.63, 3.8) is 0 Å². The van der Waals surface area contributed by atoms with Crippen molar-refractivity contribution in [1.82, 2.24) is 9.78 Å². The molecular weight excluding hydrogens is 389 g/mol. The zero-order chi connectivity index (χ0) is 20.8. The molecule has 10 heteroatoms. The molecule has 1 aromatic carbocycles. The van der Waals surface area contributed by atoms with Crippen LogP contribution in [0.2, 0.25) is 0 Å². The van der Waals surface area contributed by atoms with E-state index in [2.05, 4.69) is 15.7 Å². The predicted molar refractivity (Wildman–Crippen MR) is 97.8 cm³/mol. The van der Waals surface area contributed by atoms with E-state index in [1.54, 1.807) is 31.2 Å². The standard InChI is InChI=1S/C19H17F3N4O3/c1-10-4-5-14(27)12(7-10)25-18(28)11-9-23-26-16(19(20,21)22)8-13(24-17(11)26)15-3-2-6-29-15/h2-7,9,13,16,24,27H,8H2,1H3,(H,25,28)/t13-,16+/m1/s1. The molecule has 3 aromatic rings. The third-order valence-electron chi connectivity index (χ3n) is 4.77. The number of hydrogen-bond acceptors (Lipinski definition) is 5. The van der Waals surface area contributed by atoms with Gasteiger partial charge in [0.05, 0.1) is 24.2 Å². The van der Waals surface area contributed by atoms with Gasteiger partial charge < -0.3 is 20.2 Å². The quantitative estimate of drug-likeness (QED) is 0.561. The van der Waals surface area contributed by atoms with Crippen LogP contribution in [0, 0.1) is 6.92 Å². The summed E-state index contributed by atoms with van der Waals surface area (Å²) < 4.78 is 46.9. The number of phenols is 1. The van der Waals surface area contributed by atoms with Crippen molar-refractivity contribution in [3.05, 3.63) is 59.7 Å². The van der Waals surface area contributed by atoms with E-state index in [0.29, 0.717) is 5.76 Å². The first-order valence-electron chi connectivity index (χ1n) is 8.79. The Morgan fingerprint density at radius 1 is 1.38 bits per heavy atom. The van der Waals surface area contributed by atoms with Gasteiger partial charge in [-0.1, -0.05) is 6.07 Å². The summed E-state index contributed by atoms with van der Waals surface area (Å²) in [6, 6.07) is 5.10. The molecule has 2 aromatic heterocycles. The number of carbonyl (C=O) groups excluding carboxylic acids is 1. The molecule has 0 aliphatic carbocycles. The molecule has 3 heterocycles. The first kappa shape index (κ1) is 18.9. The number of fused-ring (bicyclic) bond motifs is 1. The third kappa shape index (κ3) is 3.53. The van der Waals surface area contributed by atoms with Crippen LogP contribution in [0.3, 0.4) is 0 Å². The smallest absolute Gasteiger partial charge is 0.410 e. The van der Waals surface area contributed by atoms with Gasteiger partial charge in [0.25, 0.3) is 5.91 Å². The highest BCUT2D eigenvalue weighted by atomic mass is 19.4. The number of furan rings is 1. The van der Waals surface area contributed by atoms with Crippen LogP contribution in [0.1, 0.15) is 40.2 Å². The van der Waals surface area contributed by atoms with Crippen molar-refractivity contribution in [2.24, 2.45) is 0 Å². The number of phenolic OH excluding ortho intramolecular Hbond substituents is 1. The fourth-order valence-electron chi connectivity index (χ4n) is 3.34. The zero-order valence-corrected chi connectivity index (χ0v) is 15.2. The Bertz CT molecular complexity index is 1040. The number of nitrogens with one attached hydrogen (secondary N) is 2. The molecule has 0 saturated carbocycles. The Hall–Kier alpha value is -3.43. The SMILES string of the molecule is Cc1ccc(O)c(NC(=O)c2cnn3c2N[C@@H](c2ccco2)C[C@H]3C(F)(F)F)c1. The highest BCUT2D eigenvalue weighted by molar-refractivity contribution is 6.08. The molecule has 0 spiro atoms. The van der Waals surface area contributed by atoms with Crippen molar-refractivity contribution >= 4 is 17.4 Å². The number of aromatic hydroxyl groups is 1. The summed E-state index contributed by atoms with van der Waals surface area (Å²) in [6.45, 7) is 1.78. The number of aromatic nitrogens is 2. The lowest BCUT2D eigenvalue weighted by molar-refractivity contribution is -0.174. The number of hydrogen-bond donors (Lipinski definition) is 3. The molecular formula is C19H17F3N4O3. The van der Waals surface area contributed by atoms with Crippen molar-refractivity contribution < 1.29 is 27.5 Å². The summed E-state index contributed by atoms with van der Waals surface area (Å²) in [4.78, 5) is 12.7. The second kappa shape index (κ2) is 6.87. The van der Waals surface area contributed by atoms with Crippen LogP contribution in [0.5, 0.6) is 5.75 Å². The molecule has 0 bridgehead atoms. The first-order valence-corrected chi connectivity index (χ1v) is 8.79. The van der Waals surface area contributed by atoms with E-state index in [4.69, 9.17) is 4.42 Å². The second-order valence-electron chi connectivity index (χ2n) is 6.83. The molecule has 1 amide bonds. The van der Waals surface area contributed by atoms with Gasteiger partial charge in [0.2, 0.25) is 0 Å². The molecule has 0 fully saturated rings. The molecule has 152 valence electrons. The largest absolute Gasteiger partial charge is 0.506 e. The van der Waals surface area contributed by atoms with Gasteiger partial charge in [-0.05, 0) is 36.8 Å². The number of rotatable bonds is 3. The lowest BCUT2D eigenvalue weighted by Crippen LogP contribution is -2.36. The Morgan fingerprint density at radius 2 is 2.17 bits per heavy atom. The molecule has 29 heavy (non-hydrogen) atoms. The van der Waals surface area contributed by atoms with Crippen molar-refractivity contribution in [3.8, 4) is 5.75 Å². The summed E-state index contributed by atoms with van der Waals surface area (Å²) in [5, 5.41) is 19.2. The summed E-state index contributed by atoms with van der Waals surface area (Å²) in [6.07, 6.45) is -2.44. The zero-order valence-electron chi connectivity index (χ0n) is 15.2. The van der Waals surface area contributed by atoms with E-state index in [-0.39, 0.29) is 29.2 Å². The minimum Gasteiger partial charge on any atom is -0.506 e. The van der Waals surface area contributed by atoms with E-state index in [9.17, 15) is 23.1 Å². The van der Waals surface area contributed by atoms with Crippen molar-refractivity contribution in [1.29, 1.82) is 0 Å². The van der Waals surface area contributed by atoms with Gasteiger partial charge >= 0.3 is 6.18 Å². The number of alkyl halides is 3. The topological polar surface area (TPSA) is 92.3 Å². The molecule has 0 radical (unpaired) electrons. The fourth-order valence-corrected chi connectivity index (χ4v) is 3.34. The third-order valence-corrected chi connectivity index (χ3v) is 4.77. The van der Waals surface area contributed by atoms with Gasteiger partial charge in [-0.3, -0.25) is 4.79 Å². The monoisotopic (exact) mass is 406 g/mol. The van der Waals surface area contributed by atoms with Gasteiger partial charge in [0.15, 0.2) is 6.04 Å².